The number of alkyl halides is 1. The average molecular weight is 263 g/mol. The minimum absolute atomic E-state index is 0.646. The standard InChI is InChI=1S/C14H15ClN2O/c1-18-13-6-7-14(16-10-13)17-12-4-2-11(3-5-12)8-9-15/h2-7,10H,8-9H2,1H3,(H,16,17). The molecule has 0 saturated heterocycles. The highest BCUT2D eigenvalue weighted by molar-refractivity contribution is 6.17. The van der Waals surface area contributed by atoms with Crippen LogP contribution in [0.1, 0.15) is 5.56 Å². The summed E-state index contributed by atoms with van der Waals surface area (Å²) in [7, 11) is 1.62. The molecule has 0 atom stereocenters. The van der Waals surface area contributed by atoms with Crippen LogP contribution in [-0.4, -0.2) is 18.0 Å². The molecule has 4 heteroatoms. The van der Waals surface area contributed by atoms with Crippen molar-refractivity contribution < 1.29 is 4.74 Å². The van der Waals surface area contributed by atoms with Crippen molar-refractivity contribution in [2.75, 3.05) is 18.3 Å². The lowest BCUT2D eigenvalue weighted by Crippen LogP contribution is -1.94. The second-order valence-electron chi connectivity index (χ2n) is 3.84. The van der Waals surface area contributed by atoms with Crippen LogP contribution in [-0.2, 0) is 6.42 Å². The number of aromatic nitrogens is 1. The van der Waals surface area contributed by atoms with Crippen LogP contribution in [0.2, 0.25) is 0 Å². The molecule has 3 nitrogen and oxygen atoms in total. The van der Waals surface area contributed by atoms with E-state index in [0.717, 1.165) is 23.7 Å². The Morgan fingerprint density at radius 2 is 1.94 bits per heavy atom. The minimum atomic E-state index is 0.646. The Balaban J connectivity index is 2.03. The highest BCUT2D eigenvalue weighted by atomic mass is 35.5. The molecule has 2 aromatic rings. The smallest absolute Gasteiger partial charge is 0.137 e. The van der Waals surface area contributed by atoms with Gasteiger partial charge in [0.15, 0.2) is 0 Å². The molecule has 94 valence electrons. The van der Waals surface area contributed by atoms with E-state index in [1.165, 1.54) is 5.56 Å². The summed E-state index contributed by atoms with van der Waals surface area (Å²) in [5, 5.41) is 3.22. The predicted molar refractivity (Wildman–Crippen MR) is 74.9 cm³/mol. The molecular formula is C14H15ClN2O. The molecule has 0 aliphatic rings. The number of hydrogen-bond donors (Lipinski definition) is 1. The van der Waals surface area contributed by atoms with Gasteiger partial charge in [-0.3, -0.25) is 0 Å². The summed E-state index contributed by atoms with van der Waals surface area (Å²) < 4.78 is 5.06. The zero-order valence-corrected chi connectivity index (χ0v) is 10.9. The van der Waals surface area contributed by atoms with Crippen molar-refractivity contribution >= 4 is 23.1 Å². The number of ether oxygens (including phenoxy) is 1. The van der Waals surface area contributed by atoms with E-state index < -0.39 is 0 Å². The van der Waals surface area contributed by atoms with Gasteiger partial charge < -0.3 is 10.1 Å². The maximum atomic E-state index is 5.70. The van der Waals surface area contributed by atoms with Gasteiger partial charge in [0.1, 0.15) is 11.6 Å². The predicted octanol–water partition coefficient (Wildman–Crippen LogP) is 3.62. The fraction of sp³-hybridized carbons (Fsp3) is 0.214. The molecule has 0 aliphatic heterocycles. The molecule has 0 aliphatic carbocycles. The van der Waals surface area contributed by atoms with Gasteiger partial charge in [0, 0.05) is 11.6 Å². The van der Waals surface area contributed by atoms with Crippen LogP contribution in [0.25, 0.3) is 0 Å². The first-order valence-corrected chi connectivity index (χ1v) is 6.27. The number of benzene rings is 1. The third kappa shape index (κ3) is 3.37. The van der Waals surface area contributed by atoms with Crippen LogP contribution in [0.4, 0.5) is 11.5 Å². The van der Waals surface area contributed by atoms with Crippen molar-refractivity contribution in [2.45, 2.75) is 6.42 Å². The molecule has 1 aromatic heterocycles. The Kier molecular flexibility index (Phi) is 4.42. The van der Waals surface area contributed by atoms with E-state index in [-0.39, 0.29) is 0 Å². The van der Waals surface area contributed by atoms with E-state index in [9.17, 15) is 0 Å². The van der Waals surface area contributed by atoms with Gasteiger partial charge >= 0.3 is 0 Å². The fourth-order valence-electron chi connectivity index (χ4n) is 1.59. The zero-order chi connectivity index (χ0) is 12.8. The topological polar surface area (TPSA) is 34.1 Å². The Hall–Kier alpha value is -1.74. The third-order valence-corrected chi connectivity index (χ3v) is 2.77. The van der Waals surface area contributed by atoms with E-state index in [4.69, 9.17) is 16.3 Å². The molecule has 2 rings (SSSR count). The summed E-state index contributed by atoms with van der Waals surface area (Å²) in [5.74, 6) is 2.19. The highest BCUT2D eigenvalue weighted by Crippen LogP contribution is 2.17. The van der Waals surface area contributed by atoms with Gasteiger partial charge in [0.05, 0.1) is 13.3 Å². The van der Waals surface area contributed by atoms with Crippen molar-refractivity contribution in [3.8, 4) is 5.75 Å². The molecule has 0 spiro atoms. The number of rotatable bonds is 5. The van der Waals surface area contributed by atoms with Crippen molar-refractivity contribution in [3.63, 3.8) is 0 Å². The second kappa shape index (κ2) is 6.26. The van der Waals surface area contributed by atoms with Crippen molar-refractivity contribution in [2.24, 2.45) is 0 Å². The summed E-state index contributed by atoms with van der Waals surface area (Å²) in [5.41, 5.74) is 2.24. The number of hydrogen-bond acceptors (Lipinski definition) is 3. The molecule has 0 bridgehead atoms. The Morgan fingerprint density at radius 3 is 2.50 bits per heavy atom. The molecule has 1 aromatic carbocycles. The lowest BCUT2D eigenvalue weighted by atomic mass is 10.1. The summed E-state index contributed by atoms with van der Waals surface area (Å²) in [4.78, 5) is 4.25. The fourth-order valence-corrected chi connectivity index (χ4v) is 1.80. The van der Waals surface area contributed by atoms with E-state index in [1.807, 2.05) is 24.3 Å². The highest BCUT2D eigenvalue weighted by Gasteiger charge is 1.98. The number of methoxy groups -OCH3 is 1. The summed E-state index contributed by atoms with van der Waals surface area (Å²) in [6.45, 7) is 0. The molecule has 0 unspecified atom stereocenters. The van der Waals surface area contributed by atoms with Gasteiger partial charge in [-0.25, -0.2) is 4.98 Å². The normalized spacial score (nSPS) is 10.1. The van der Waals surface area contributed by atoms with Gasteiger partial charge in [-0.05, 0) is 36.2 Å². The maximum absolute atomic E-state index is 5.70. The van der Waals surface area contributed by atoms with Crippen LogP contribution < -0.4 is 10.1 Å². The van der Waals surface area contributed by atoms with Crippen molar-refractivity contribution in [3.05, 3.63) is 48.2 Å². The van der Waals surface area contributed by atoms with Crippen LogP contribution in [0.3, 0.4) is 0 Å². The lowest BCUT2D eigenvalue weighted by molar-refractivity contribution is 0.413. The summed E-state index contributed by atoms with van der Waals surface area (Å²) >= 11 is 5.70. The third-order valence-electron chi connectivity index (χ3n) is 2.58. The maximum Gasteiger partial charge on any atom is 0.137 e. The van der Waals surface area contributed by atoms with Crippen LogP contribution in [0.15, 0.2) is 42.6 Å². The quantitative estimate of drug-likeness (QED) is 0.836. The zero-order valence-electron chi connectivity index (χ0n) is 10.2. The molecule has 0 saturated carbocycles. The first-order valence-electron chi connectivity index (χ1n) is 5.74. The number of nitrogens with one attached hydrogen (secondary N) is 1. The molecular weight excluding hydrogens is 248 g/mol. The summed E-state index contributed by atoms with van der Waals surface area (Å²) in [6, 6.07) is 11.9. The SMILES string of the molecule is COc1ccc(Nc2ccc(CCCl)cc2)nc1. The van der Waals surface area contributed by atoms with Crippen LogP contribution in [0, 0.1) is 0 Å². The van der Waals surface area contributed by atoms with Gasteiger partial charge in [-0.1, -0.05) is 12.1 Å². The molecule has 1 N–H and O–H groups in total. The summed E-state index contributed by atoms with van der Waals surface area (Å²) in [6.07, 6.45) is 2.58. The Labute approximate surface area is 112 Å². The van der Waals surface area contributed by atoms with Gasteiger partial charge in [0.25, 0.3) is 0 Å². The van der Waals surface area contributed by atoms with Crippen LogP contribution >= 0.6 is 11.6 Å². The molecule has 1 heterocycles. The first-order chi connectivity index (χ1) is 8.81. The average Bonchev–Trinajstić information content (AvgIpc) is 2.42. The van der Waals surface area contributed by atoms with Crippen molar-refractivity contribution in [1.82, 2.24) is 4.98 Å². The number of anilines is 2. The Morgan fingerprint density at radius 1 is 1.17 bits per heavy atom. The number of nitrogens with zero attached hydrogens (tertiary/aromatic N) is 1. The minimum Gasteiger partial charge on any atom is -0.495 e. The van der Waals surface area contributed by atoms with E-state index in [2.05, 4.69) is 22.4 Å². The monoisotopic (exact) mass is 262 g/mol. The van der Waals surface area contributed by atoms with Gasteiger partial charge in [-0.2, -0.15) is 0 Å². The van der Waals surface area contributed by atoms with E-state index in [0.29, 0.717) is 5.88 Å². The number of aryl methyl sites for hydroxylation is 1. The van der Waals surface area contributed by atoms with Gasteiger partial charge in [-0.15, -0.1) is 11.6 Å². The number of pyridine rings is 1. The Bertz CT molecular complexity index is 482. The van der Waals surface area contributed by atoms with Gasteiger partial charge in [0.2, 0.25) is 0 Å². The second-order valence-corrected chi connectivity index (χ2v) is 4.22. The number of halogens is 1. The largest absolute Gasteiger partial charge is 0.495 e. The first kappa shape index (κ1) is 12.7. The van der Waals surface area contributed by atoms with E-state index >= 15 is 0 Å². The lowest BCUT2D eigenvalue weighted by Gasteiger charge is -2.07. The molecule has 0 amide bonds. The van der Waals surface area contributed by atoms with Crippen molar-refractivity contribution in [1.29, 1.82) is 0 Å². The molecule has 0 radical (unpaired) electrons. The van der Waals surface area contributed by atoms with E-state index in [1.54, 1.807) is 13.3 Å². The molecule has 18 heavy (non-hydrogen) atoms. The van der Waals surface area contributed by atoms with Crippen LogP contribution in [0.5, 0.6) is 5.75 Å². The molecule has 0 fully saturated rings.